The topological polar surface area (TPSA) is 30.1 Å². The maximum absolute atomic E-state index is 6.09. The van der Waals surface area contributed by atoms with Crippen molar-refractivity contribution in [3.8, 4) is 0 Å². The Morgan fingerprint density at radius 1 is 1.12 bits per heavy atom. The fourth-order valence-corrected chi connectivity index (χ4v) is 2.10. The standard InChI is InChI=1S/C13H11ClN2O/c14-13-11(9-15-16-7-3-4-8-16)10-5-1-2-6-12(10)17-13/h1-8,15H,9H2. The highest BCUT2D eigenvalue weighted by Crippen LogP contribution is 2.29. The van der Waals surface area contributed by atoms with E-state index in [1.165, 1.54) is 0 Å². The molecule has 2 aromatic heterocycles. The number of rotatable bonds is 3. The minimum atomic E-state index is 0.450. The average molecular weight is 247 g/mol. The second-order valence-electron chi connectivity index (χ2n) is 3.78. The average Bonchev–Trinajstić information content (AvgIpc) is 2.93. The van der Waals surface area contributed by atoms with Crippen molar-refractivity contribution < 1.29 is 4.42 Å². The van der Waals surface area contributed by atoms with E-state index in [0.29, 0.717) is 11.8 Å². The van der Waals surface area contributed by atoms with Gasteiger partial charge >= 0.3 is 0 Å². The number of benzene rings is 1. The smallest absolute Gasteiger partial charge is 0.199 e. The third kappa shape index (κ3) is 1.89. The summed E-state index contributed by atoms with van der Waals surface area (Å²) >= 11 is 6.09. The van der Waals surface area contributed by atoms with Gasteiger partial charge in [0.05, 0.1) is 6.54 Å². The minimum absolute atomic E-state index is 0.450. The fraction of sp³-hybridized carbons (Fsp3) is 0.0769. The van der Waals surface area contributed by atoms with E-state index >= 15 is 0 Å². The first-order valence-corrected chi connectivity index (χ1v) is 5.75. The molecule has 0 amide bonds. The van der Waals surface area contributed by atoms with Crippen LogP contribution in [0.3, 0.4) is 0 Å². The van der Waals surface area contributed by atoms with Crippen LogP contribution in [0.2, 0.25) is 5.22 Å². The van der Waals surface area contributed by atoms with Crippen LogP contribution in [-0.2, 0) is 6.54 Å². The highest BCUT2D eigenvalue weighted by Gasteiger charge is 2.11. The van der Waals surface area contributed by atoms with Crippen LogP contribution in [0, 0.1) is 0 Å². The molecule has 2 heterocycles. The number of fused-ring (bicyclic) bond motifs is 1. The molecule has 0 fully saturated rings. The summed E-state index contributed by atoms with van der Waals surface area (Å²) in [5, 5.41) is 1.50. The highest BCUT2D eigenvalue weighted by atomic mass is 35.5. The van der Waals surface area contributed by atoms with E-state index < -0.39 is 0 Å². The number of nitrogens with zero attached hydrogens (tertiary/aromatic N) is 1. The zero-order chi connectivity index (χ0) is 11.7. The molecule has 0 radical (unpaired) electrons. The van der Waals surface area contributed by atoms with Gasteiger partial charge in [-0.1, -0.05) is 18.2 Å². The van der Waals surface area contributed by atoms with E-state index in [2.05, 4.69) is 5.43 Å². The van der Waals surface area contributed by atoms with E-state index in [1.54, 1.807) is 0 Å². The molecular weight excluding hydrogens is 236 g/mol. The predicted octanol–water partition coefficient (Wildman–Crippen LogP) is 3.63. The van der Waals surface area contributed by atoms with E-state index in [4.69, 9.17) is 16.0 Å². The zero-order valence-electron chi connectivity index (χ0n) is 9.06. The van der Waals surface area contributed by atoms with Gasteiger partial charge in [0.2, 0.25) is 0 Å². The number of hydrogen-bond acceptors (Lipinski definition) is 2. The molecule has 0 saturated heterocycles. The van der Waals surface area contributed by atoms with Crippen molar-refractivity contribution in [3.63, 3.8) is 0 Å². The quantitative estimate of drug-likeness (QED) is 0.765. The molecule has 0 aliphatic carbocycles. The number of para-hydroxylation sites is 1. The first-order valence-electron chi connectivity index (χ1n) is 5.37. The third-order valence-electron chi connectivity index (χ3n) is 2.69. The molecule has 0 aliphatic heterocycles. The maximum Gasteiger partial charge on any atom is 0.199 e. The van der Waals surface area contributed by atoms with Crippen molar-refractivity contribution in [2.75, 3.05) is 5.43 Å². The van der Waals surface area contributed by atoms with Gasteiger partial charge in [-0.05, 0) is 29.8 Å². The van der Waals surface area contributed by atoms with Crippen LogP contribution in [0.1, 0.15) is 5.56 Å². The van der Waals surface area contributed by atoms with Crippen LogP contribution in [0.4, 0.5) is 0 Å². The molecule has 3 rings (SSSR count). The van der Waals surface area contributed by atoms with Crippen molar-refractivity contribution in [1.29, 1.82) is 0 Å². The van der Waals surface area contributed by atoms with Gasteiger partial charge in [0.15, 0.2) is 5.22 Å². The number of halogens is 1. The summed E-state index contributed by atoms with van der Waals surface area (Å²) in [4.78, 5) is 0. The lowest BCUT2D eigenvalue weighted by Crippen LogP contribution is -2.11. The summed E-state index contributed by atoms with van der Waals surface area (Å²) in [6.07, 6.45) is 3.88. The molecule has 1 aromatic carbocycles. The Bertz CT molecular complexity index is 628. The lowest BCUT2D eigenvalue weighted by molar-refractivity contribution is 0.612. The van der Waals surface area contributed by atoms with Crippen molar-refractivity contribution in [2.45, 2.75) is 6.54 Å². The molecule has 0 atom stereocenters. The Balaban J connectivity index is 1.92. The van der Waals surface area contributed by atoms with Gasteiger partial charge < -0.3 is 9.84 Å². The lowest BCUT2D eigenvalue weighted by atomic mass is 10.2. The molecule has 17 heavy (non-hydrogen) atoms. The Morgan fingerprint density at radius 3 is 2.71 bits per heavy atom. The van der Waals surface area contributed by atoms with E-state index in [-0.39, 0.29) is 0 Å². The van der Waals surface area contributed by atoms with Crippen LogP contribution in [0.5, 0.6) is 0 Å². The summed E-state index contributed by atoms with van der Waals surface area (Å²) in [6, 6.07) is 11.8. The molecule has 3 aromatic rings. The Hall–Kier alpha value is -1.87. The van der Waals surface area contributed by atoms with Gasteiger partial charge in [0.25, 0.3) is 0 Å². The second-order valence-corrected chi connectivity index (χ2v) is 4.12. The molecule has 4 heteroatoms. The summed E-state index contributed by atoms with van der Waals surface area (Å²) in [5.74, 6) is 0. The molecule has 1 N–H and O–H groups in total. The van der Waals surface area contributed by atoms with Crippen molar-refractivity contribution >= 4 is 22.6 Å². The Labute approximate surface area is 104 Å². The van der Waals surface area contributed by atoms with Gasteiger partial charge in [-0.2, -0.15) is 0 Å². The van der Waals surface area contributed by atoms with Crippen LogP contribution in [0.15, 0.2) is 53.2 Å². The summed E-state index contributed by atoms with van der Waals surface area (Å²) in [6.45, 7) is 0.629. The van der Waals surface area contributed by atoms with Gasteiger partial charge in [0, 0.05) is 23.3 Å². The monoisotopic (exact) mass is 246 g/mol. The Morgan fingerprint density at radius 2 is 1.88 bits per heavy atom. The van der Waals surface area contributed by atoms with Crippen LogP contribution in [0.25, 0.3) is 11.0 Å². The van der Waals surface area contributed by atoms with Gasteiger partial charge in [-0.3, -0.25) is 4.68 Å². The molecule has 3 nitrogen and oxygen atoms in total. The minimum Gasteiger partial charge on any atom is -0.444 e. The predicted molar refractivity (Wildman–Crippen MR) is 68.7 cm³/mol. The third-order valence-corrected chi connectivity index (χ3v) is 3.00. The molecule has 0 saturated carbocycles. The van der Waals surface area contributed by atoms with Crippen molar-refractivity contribution in [2.24, 2.45) is 0 Å². The number of hydrogen-bond donors (Lipinski definition) is 1. The molecule has 0 bridgehead atoms. The summed E-state index contributed by atoms with van der Waals surface area (Å²) in [7, 11) is 0. The molecule has 0 unspecified atom stereocenters. The van der Waals surface area contributed by atoms with Crippen molar-refractivity contribution in [3.05, 3.63) is 59.6 Å². The number of aromatic nitrogens is 1. The van der Waals surface area contributed by atoms with Crippen molar-refractivity contribution in [1.82, 2.24) is 4.68 Å². The lowest BCUT2D eigenvalue weighted by Gasteiger charge is -2.06. The highest BCUT2D eigenvalue weighted by molar-refractivity contribution is 6.30. The van der Waals surface area contributed by atoms with E-state index in [0.717, 1.165) is 16.5 Å². The normalized spacial score (nSPS) is 10.9. The van der Waals surface area contributed by atoms with Crippen LogP contribution >= 0.6 is 11.6 Å². The first kappa shape index (κ1) is 10.3. The first-order chi connectivity index (χ1) is 8.34. The van der Waals surface area contributed by atoms with Gasteiger partial charge in [-0.25, -0.2) is 0 Å². The van der Waals surface area contributed by atoms with Gasteiger partial charge in [0.1, 0.15) is 5.58 Å². The van der Waals surface area contributed by atoms with E-state index in [9.17, 15) is 0 Å². The second kappa shape index (κ2) is 4.18. The van der Waals surface area contributed by atoms with Crippen LogP contribution < -0.4 is 5.43 Å². The largest absolute Gasteiger partial charge is 0.444 e. The molecule has 0 aliphatic rings. The molecule has 0 spiro atoms. The molecular formula is C13H11ClN2O. The SMILES string of the molecule is Clc1oc2ccccc2c1CNn1cccc1. The maximum atomic E-state index is 6.09. The fourth-order valence-electron chi connectivity index (χ4n) is 1.84. The summed E-state index contributed by atoms with van der Waals surface area (Å²) in [5.41, 5.74) is 5.04. The number of furan rings is 1. The van der Waals surface area contributed by atoms with E-state index in [1.807, 2.05) is 53.5 Å². The Kier molecular flexibility index (Phi) is 2.53. The number of nitrogens with one attached hydrogen (secondary N) is 1. The van der Waals surface area contributed by atoms with Crippen LogP contribution in [-0.4, -0.2) is 4.68 Å². The van der Waals surface area contributed by atoms with Gasteiger partial charge in [-0.15, -0.1) is 0 Å². The summed E-state index contributed by atoms with van der Waals surface area (Å²) < 4.78 is 7.37. The molecule has 86 valence electrons. The zero-order valence-corrected chi connectivity index (χ0v) is 9.82.